The van der Waals surface area contributed by atoms with Crippen LogP contribution in [0.25, 0.3) is 5.69 Å². The first-order chi connectivity index (χ1) is 9.70. The first-order valence-electron chi connectivity index (χ1n) is 5.40. The van der Waals surface area contributed by atoms with Gasteiger partial charge in [0.2, 0.25) is 11.1 Å². The van der Waals surface area contributed by atoms with Crippen molar-refractivity contribution in [3.05, 3.63) is 56.4 Å². The van der Waals surface area contributed by atoms with Crippen LogP contribution in [0.1, 0.15) is 16.1 Å². The summed E-state index contributed by atoms with van der Waals surface area (Å²) in [7, 11) is 0. The minimum atomic E-state index is -4.55. The molecule has 21 heavy (non-hydrogen) atoms. The van der Waals surface area contributed by atoms with Crippen molar-refractivity contribution >= 4 is 21.9 Å². The Morgan fingerprint density at radius 3 is 2.52 bits per heavy atom. The van der Waals surface area contributed by atoms with Crippen LogP contribution in [0, 0.1) is 0 Å². The van der Waals surface area contributed by atoms with Crippen molar-refractivity contribution in [2.75, 3.05) is 0 Å². The van der Waals surface area contributed by atoms with Gasteiger partial charge in [0.1, 0.15) is 0 Å². The molecule has 0 aliphatic carbocycles. The van der Waals surface area contributed by atoms with Gasteiger partial charge in [-0.2, -0.15) is 18.3 Å². The van der Waals surface area contributed by atoms with Crippen LogP contribution in [0.4, 0.5) is 13.2 Å². The maximum absolute atomic E-state index is 12.7. The molecule has 2 aromatic rings. The van der Waals surface area contributed by atoms with Crippen LogP contribution in [0.5, 0.6) is 0 Å². The van der Waals surface area contributed by atoms with Gasteiger partial charge in [0.25, 0.3) is 0 Å². The number of hydrogen-bond donors (Lipinski definition) is 1. The van der Waals surface area contributed by atoms with Gasteiger partial charge in [0.05, 0.1) is 11.3 Å². The van der Waals surface area contributed by atoms with Gasteiger partial charge in [0.15, 0.2) is 0 Å². The van der Waals surface area contributed by atoms with Crippen molar-refractivity contribution < 1.29 is 23.1 Å². The SMILES string of the molecule is O=C(O)c1nn(-c2cc(C(F)(F)F)ccc2Br)ccc1=O. The van der Waals surface area contributed by atoms with Gasteiger partial charge >= 0.3 is 12.1 Å². The van der Waals surface area contributed by atoms with Crippen LogP contribution in [0.15, 0.2) is 39.7 Å². The molecule has 0 aliphatic rings. The van der Waals surface area contributed by atoms with E-state index in [1.807, 2.05) is 0 Å². The van der Waals surface area contributed by atoms with Crippen molar-refractivity contribution in [3.63, 3.8) is 0 Å². The normalized spacial score (nSPS) is 11.4. The van der Waals surface area contributed by atoms with Crippen molar-refractivity contribution in [1.29, 1.82) is 0 Å². The van der Waals surface area contributed by atoms with Gasteiger partial charge in [-0.05, 0) is 34.1 Å². The van der Waals surface area contributed by atoms with Crippen molar-refractivity contribution in [2.24, 2.45) is 0 Å². The molecule has 110 valence electrons. The zero-order valence-electron chi connectivity index (χ0n) is 10.1. The Hall–Kier alpha value is -2.16. The van der Waals surface area contributed by atoms with Gasteiger partial charge in [-0.15, -0.1) is 0 Å². The van der Waals surface area contributed by atoms with Crippen molar-refractivity contribution in [3.8, 4) is 5.69 Å². The van der Waals surface area contributed by atoms with Crippen LogP contribution >= 0.6 is 15.9 Å². The number of carbonyl (C=O) groups is 1. The summed E-state index contributed by atoms with van der Waals surface area (Å²) < 4.78 is 39.3. The molecular formula is C12H6BrF3N2O3. The summed E-state index contributed by atoms with van der Waals surface area (Å²) in [4.78, 5) is 22.2. The lowest BCUT2D eigenvalue weighted by atomic mass is 10.2. The molecule has 0 saturated carbocycles. The summed E-state index contributed by atoms with van der Waals surface area (Å²) in [6, 6.07) is 3.75. The highest BCUT2D eigenvalue weighted by atomic mass is 79.9. The Kier molecular flexibility index (Phi) is 3.86. The van der Waals surface area contributed by atoms with Crippen LogP contribution in [-0.2, 0) is 6.18 Å². The Labute approximate surface area is 123 Å². The highest BCUT2D eigenvalue weighted by Crippen LogP contribution is 2.32. The maximum atomic E-state index is 12.7. The van der Waals surface area contributed by atoms with Gasteiger partial charge in [-0.25, -0.2) is 9.48 Å². The van der Waals surface area contributed by atoms with Crippen LogP contribution in [0.3, 0.4) is 0 Å². The number of aromatic nitrogens is 2. The van der Waals surface area contributed by atoms with E-state index < -0.39 is 28.8 Å². The summed E-state index contributed by atoms with van der Waals surface area (Å²) in [6.07, 6.45) is -3.46. The lowest BCUT2D eigenvalue weighted by molar-refractivity contribution is -0.137. The van der Waals surface area contributed by atoms with Crippen LogP contribution in [0.2, 0.25) is 0 Å². The fraction of sp³-hybridized carbons (Fsp3) is 0.0833. The third-order valence-corrected chi connectivity index (χ3v) is 3.20. The predicted octanol–water partition coefficient (Wildman–Crippen LogP) is 2.71. The second-order valence-electron chi connectivity index (χ2n) is 3.94. The number of carboxylic acids is 1. The number of alkyl halides is 3. The molecule has 0 amide bonds. The molecule has 1 aromatic heterocycles. The quantitative estimate of drug-likeness (QED) is 0.891. The molecule has 9 heteroatoms. The third-order valence-electron chi connectivity index (χ3n) is 2.53. The molecular weight excluding hydrogens is 357 g/mol. The smallest absolute Gasteiger partial charge is 0.416 e. The largest absolute Gasteiger partial charge is 0.476 e. The number of carboxylic acid groups (broad SMARTS) is 1. The molecule has 0 atom stereocenters. The highest BCUT2D eigenvalue weighted by Gasteiger charge is 2.31. The van der Waals surface area contributed by atoms with Gasteiger partial charge in [-0.3, -0.25) is 4.79 Å². The molecule has 0 aliphatic heterocycles. The molecule has 0 saturated heterocycles. The molecule has 1 heterocycles. The maximum Gasteiger partial charge on any atom is 0.416 e. The van der Waals surface area contributed by atoms with Crippen LogP contribution < -0.4 is 5.43 Å². The number of benzene rings is 1. The number of rotatable bonds is 2. The number of hydrogen-bond acceptors (Lipinski definition) is 3. The van der Waals surface area contributed by atoms with E-state index >= 15 is 0 Å². The van der Waals surface area contributed by atoms with E-state index in [0.29, 0.717) is 0 Å². The molecule has 0 spiro atoms. The fourth-order valence-corrected chi connectivity index (χ4v) is 1.98. The molecule has 0 unspecified atom stereocenters. The second-order valence-corrected chi connectivity index (χ2v) is 4.80. The van der Waals surface area contributed by atoms with Crippen molar-refractivity contribution in [1.82, 2.24) is 9.78 Å². The number of halogens is 4. The van der Waals surface area contributed by atoms with E-state index in [1.165, 1.54) is 6.07 Å². The summed E-state index contributed by atoms with van der Waals surface area (Å²) in [5.74, 6) is -1.56. The van der Waals surface area contributed by atoms with E-state index in [-0.39, 0.29) is 10.2 Å². The lowest BCUT2D eigenvalue weighted by Gasteiger charge is -2.12. The van der Waals surface area contributed by atoms with Crippen LogP contribution in [-0.4, -0.2) is 20.9 Å². The molecule has 2 rings (SSSR count). The van der Waals surface area contributed by atoms with E-state index in [4.69, 9.17) is 5.11 Å². The Bertz CT molecular complexity index is 771. The molecule has 1 N–H and O–H groups in total. The van der Waals surface area contributed by atoms with E-state index in [1.54, 1.807) is 0 Å². The molecule has 0 radical (unpaired) electrons. The van der Waals surface area contributed by atoms with Gasteiger partial charge in [0, 0.05) is 16.7 Å². The first-order valence-corrected chi connectivity index (χ1v) is 6.20. The average Bonchev–Trinajstić information content (AvgIpc) is 2.38. The number of nitrogens with zero attached hydrogens (tertiary/aromatic N) is 2. The standard InChI is InChI=1S/C12H6BrF3N2O3/c13-7-2-1-6(12(14,15)16)5-8(7)18-4-3-9(19)10(17-18)11(20)21/h1-5H,(H,20,21). The van der Waals surface area contributed by atoms with Gasteiger partial charge in [-0.1, -0.05) is 0 Å². The minimum absolute atomic E-state index is 0.0349. The van der Waals surface area contributed by atoms with E-state index in [2.05, 4.69) is 21.0 Å². The summed E-state index contributed by atoms with van der Waals surface area (Å²) in [6.45, 7) is 0. The second kappa shape index (κ2) is 5.32. The topological polar surface area (TPSA) is 72.2 Å². The predicted molar refractivity (Wildman–Crippen MR) is 69.5 cm³/mol. The third kappa shape index (κ3) is 3.13. The molecule has 5 nitrogen and oxygen atoms in total. The minimum Gasteiger partial charge on any atom is -0.476 e. The Balaban J connectivity index is 2.64. The Morgan fingerprint density at radius 1 is 1.29 bits per heavy atom. The summed E-state index contributed by atoms with van der Waals surface area (Å²) in [5.41, 5.74) is -2.56. The first kappa shape index (κ1) is 15.2. The average molecular weight is 363 g/mol. The zero-order chi connectivity index (χ0) is 15.8. The molecule has 0 bridgehead atoms. The lowest BCUT2D eigenvalue weighted by Crippen LogP contribution is -2.20. The fourth-order valence-electron chi connectivity index (χ4n) is 1.55. The molecule has 1 aromatic carbocycles. The van der Waals surface area contributed by atoms with Crippen molar-refractivity contribution in [2.45, 2.75) is 6.18 Å². The molecule has 0 fully saturated rings. The van der Waals surface area contributed by atoms with E-state index in [9.17, 15) is 22.8 Å². The summed E-state index contributed by atoms with van der Waals surface area (Å²) >= 11 is 3.06. The number of aromatic carboxylic acids is 1. The Morgan fingerprint density at radius 2 is 1.95 bits per heavy atom. The van der Waals surface area contributed by atoms with E-state index in [0.717, 1.165) is 29.1 Å². The van der Waals surface area contributed by atoms with Gasteiger partial charge < -0.3 is 5.11 Å². The highest BCUT2D eigenvalue weighted by molar-refractivity contribution is 9.10. The summed E-state index contributed by atoms with van der Waals surface area (Å²) in [5, 5.41) is 12.4. The zero-order valence-corrected chi connectivity index (χ0v) is 11.6. The monoisotopic (exact) mass is 362 g/mol.